The summed E-state index contributed by atoms with van der Waals surface area (Å²) in [6.45, 7) is 0. The summed E-state index contributed by atoms with van der Waals surface area (Å²) in [7, 11) is -1.04. The van der Waals surface area contributed by atoms with Crippen LogP contribution in [0.5, 0.6) is 11.5 Å². The first kappa shape index (κ1) is 21.2. The van der Waals surface area contributed by atoms with Gasteiger partial charge in [0.25, 0.3) is 11.6 Å². The lowest BCUT2D eigenvalue weighted by Gasteiger charge is -2.08. The summed E-state index contributed by atoms with van der Waals surface area (Å²) in [4.78, 5) is 26.4. The van der Waals surface area contributed by atoms with Gasteiger partial charge in [-0.1, -0.05) is 11.3 Å². The number of benzene rings is 2. The molecule has 1 amide bonds. The van der Waals surface area contributed by atoms with Gasteiger partial charge in [0.15, 0.2) is 5.13 Å². The Bertz CT molecular complexity index is 1180. The Kier molecular flexibility index (Phi) is 5.99. The number of methoxy groups -OCH3 is 2. The van der Waals surface area contributed by atoms with E-state index in [2.05, 4.69) is 10.3 Å². The molecule has 10 nitrogen and oxygen atoms in total. The molecule has 12 heteroatoms. The maximum Gasteiger partial charge on any atom is 0.269 e. The van der Waals surface area contributed by atoms with E-state index in [1.54, 1.807) is 6.07 Å². The maximum atomic E-state index is 12.7. The van der Waals surface area contributed by atoms with Crippen molar-refractivity contribution in [3.05, 3.63) is 64.3 Å². The first-order valence-electron chi connectivity index (χ1n) is 8.24. The Morgan fingerprint density at radius 1 is 1.10 bits per heavy atom. The van der Waals surface area contributed by atoms with Crippen LogP contribution >= 0.6 is 11.3 Å². The molecule has 0 aliphatic heterocycles. The predicted octanol–water partition coefficient (Wildman–Crippen LogP) is 3.15. The van der Waals surface area contributed by atoms with Gasteiger partial charge in [-0.2, -0.15) is 0 Å². The molecule has 156 valence electrons. The number of nitrogens with zero attached hydrogens (tertiary/aromatic N) is 2. The summed E-state index contributed by atoms with van der Waals surface area (Å²) in [5, 5.41) is 13.3. The van der Waals surface area contributed by atoms with Crippen molar-refractivity contribution in [1.82, 2.24) is 4.98 Å². The third-order valence-electron chi connectivity index (χ3n) is 3.94. The molecule has 0 aliphatic carbocycles. The van der Waals surface area contributed by atoms with Crippen molar-refractivity contribution >= 4 is 37.9 Å². The minimum absolute atomic E-state index is 0.0715. The van der Waals surface area contributed by atoms with E-state index < -0.39 is 20.7 Å². The van der Waals surface area contributed by atoms with E-state index >= 15 is 0 Å². The number of thiazole rings is 1. The van der Waals surface area contributed by atoms with Gasteiger partial charge in [0.1, 0.15) is 15.7 Å². The molecule has 2 aromatic carbocycles. The number of nitro groups is 1. The molecule has 0 unspecified atom stereocenters. The summed E-state index contributed by atoms with van der Waals surface area (Å²) in [5.74, 6) is 0.306. The van der Waals surface area contributed by atoms with Crippen molar-refractivity contribution in [2.45, 2.75) is 9.10 Å². The Morgan fingerprint density at radius 3 is 2.23 bits per heavy atom. The molecule has 0 bridgehead atoms. The molecule has 30 heavy (non-hydrogen) atoms. The summed E-state index contributed by atoms with van der Waals surface area (Å²) in [6.07, 6.45) is 1.11. The number of rotatable bonds is 7. The van der Waals surface area contributed by atoms with E-state index in [1.807, 2.05) is 0 Å². The van der Waals surface area contributed by atoms with Crippen LogP contribution in [0.2, 0.25) is 0 Å². The van der Waals surface area contributed by atoms with Gasteiger partial charge in [0.05, 0.1) is 30.2 Å². The van der Waals surface area contributed by atoms with Crippen LogP contribution in [0.1, 0.15) is 10.4 Å². The Morgan fingerprint density at radius 2 is 1.70 bits per heavy atom. The fourth-order valence-electron chi connectivity index (χ4n) is 2.41. The van der Waals surface area contributed by atoms with Gasteiger partial charge in [-0.05, 0) is 24.3 Å². The summed E-state index contributed by atoms with van der Waals surface area (Å²) in [5.41, 5.74) is 0.0149. The average Bonchev–Trinajstić information content (AvgIpc) is 3.22. The first-order chi connectivity index (χ1) is 14.2. The molecule has 0 radical (unpaired) electrons. The minimum atomic E-state index is -3.94. The number of carbonyl (C=O) groups excluding carboxylic acids is 1. The van der Waals surface area contributed by atoms with Gasteiger partial charge in [-0.25, -0.2) is 13.4 Å². The number of nitrogens with one attached hydrogen (secondary N) is 1. The summed E-state index contributed by atoms with van der Waals surface area (Å²) < 4.78 is 35.5. The summed E-state index contributed by atoms with van der Waals surface area (Å²) >= 11 is 0.761. The molecule has 0 spiro atoms. The quantitative estimate of drug-likeness (QED) is 0.429. The molecular formula is C18H15N3O7S2. The standard InChI is InChI=1S/C18H15N3O7S2/c1-27-13-7-11(8-14(9-13)28-2)17(22)20-18-19-10-16(29-18)30(25,26)15-5-3-12(4-6-15)21(23)24/h3-10H,1-2H3,(H,19,20,22). The van der Waals surface area contributed by atoms with Crippen LogP contribution in [-0.2, 0) is 9.84 Å². The van der Waals surface area contributed by atoms with Gasteiger partial charge < -0.3 is 9.47 Å². The number of non-ortho nitro benzene ring substituents is 1. The molecule has 1 aromatic heterocycles. The smallest absolute Gasteiger partial charge is 0.269 e. The molecule has 0 atom stereocenters. The van der Waals surface area contributed by atoms with E-state index in [4.69, 9.17) is 9.47 Å². The Balaban J connectivity index is 1.82. The maximum absolute atomic E-state index is 12.7. The van der Waals surface area contributed by atoms with Crippen LogP contribution < -0.4 is 14.8 Å². The topological polar surface area (TPSA) is 138 Å². The molecule has 0 fully saturated rings. The first-order valence-corrected chi connectivity index (χ1v) is 10.5. The Labute approximate surface area is 175 Å². The van der Waals surface area contributed by atoms with E-state index in [0.29, 0.717) is 11.5 Å². The number of aromatic nitrogens is 1. The summed E-state index contributed by atoms with van der Waals surface area (Å²) in [6, 6.07) is 9.11. The van der Waals surface area contributed by atoms with Crippen molar-refractivity contribution < 1.29 is 27.6 Å². The number of hydrogen-bond donors (Lipinski definition) is 1. The third kappa shape index (κ3) is 4.39. The molecule has 1 heterocycles. The molecule has 1 N–H and O–H groups in total. The van der Waals surface area contributed by atoms with Crippen molar-refractivity contribution in [2.75, 3.05) is 19.5 Å². The highest BCUT2D eigenvalue weighted by molar-refractivity contribution is 7.93. The SMILES string of the molecule is COc1cc(OC)cc(C(=O)Nc2ncc(S(=O)(=O)c3ccc([N+](=O)[O-])cc3)s2)c1. The van der Waals surface area contributed by atoms with E-state index in [-0.39, 0.29) is 25.5 Å². The number of hydrogen-bond acceptors (Lipinski definition) is 9. The monoisotopic (exact) mass is 449 g/mol. The van der Waals surface area contributed by atoms with Gasteiger partial charge in [-0.15, -0.1) is 0 Å². The Hall–Kier alpha value is -3.51. The van der Waals surface area contributed by atoms with E-state index in [0.717, 1.165) is 41.8 Å². The number of nitro benzene ring substituents is 1. The van der Waals surface area contributed by atoms with E-state index in [9.17, 15) is 23.3 Å². The third-order valence-corrected chi connectivity index (χ3v) is 7.08. The highest BCUT2D eigenvalue weighted by Gasteiger charge is 2.23. The second-order valence-electron chi connectivity index (χ2n) is 5.79. The highest BCUT2D eigenvalue weighted by Crippen LogP contribution is 2.30. The molecule has 3 aromatic rings. The van der Waals surface area contributed by atoms with Crippen molar-refractivity contribution in [3.8, 4) is 11.5 Å². The van der Waals surface area contributed by atoms with Gasteiger partial charge in [0.2, 0.25) is 9.84 Å². The number of sulfone groups is 1. The average molecular weight is 449 g/mol. The molecule has 0 saturated carbocycles. The van der Waals surface area contributed by atoms with Gasteiger partial charge >= 0.3 is 0 Å². The zero-order valence-corrected chi connectivity index (χ0v) is 17.3. The second-order valence-corrected chi connectivity index (χ2v) is 9.00. The lowest BCUT2D eigenvalue weighted by molar-refractivity contribution is -0.384. The zero-order valence-electron chi connectivity index (χ0n) is 15.7. The van der Waals surface area contributed by atoms with Crippen LogP contribution in [-0.4, -0.2) is 38.5 Å². The number of carbonyl (C=O) groups is 1. The molecule has 0 aliphatic rings. The molecular weight excluding hydrogens is 434 g/mol. The van der Waals surface area contributed by atoms with Crippen LogP contribution in [0.3, 0.4) is 0 Å². The fraction of sp³-hybridized carbons (Fsp3) is 0.111. The lowest BCUT2D eigenvalue weighted by Crippen LogP contribution is -2.12. The van der Waals surface area contributed by atoms with Crippen LogP contribution in [0.25, 0.3) is 0 Å². The van der Waals surface area contributed by atoms with Crippen molar-refractivity contribution in [2.24, 2.45) is 0 Å². The highest BCUT2D eigenvalue weighted by atomic mass is 32.2. The lowest BCUT2D eigenvalue weighted by atomic mass is 10.2. The normalized spacial score (nSPS) is 11.0. The second kappa shape index (κ2) is 8.47. The number of amides is 1. The van der Waals surface area contributed by atoms with Gasteiger partial charge in [-0.3, -0.25) is 20.2 Å². The molecule has 0 saturated heterocycles. The molecule has 3 rings (SSSR count). The fourth-order valence-corrected chi connectivity index (χ4v) is 4.84. The van der Waals surface area contributed by atoms with Crippen molar-refractivity contribution in [1.29, 1.82) is 0 Å². The largest absolute Gasteiger partial charge is 0.497 e. The van der Waals surface area contributed by atoms with Crippen LogP contribution in [0.4, 0.5) is 10.8 Å². The number of anilines is 1. The van der Waals surface area contributed by atoms with Gasteiger partial charge in [0, 0.05) is 23.8 Å². The van der Waals surface area contributed by atoms with Crippen LogP contribution in [0, 0.1) is 10.1 Å². The van der Waals surface area contributed by atoms with Crippen LogP contribution in [0.15, 0.2) is 57.8 Å². The number of ether oxygens (including phenoxy) is 2. The zero-order chi connectivity index (χ0) is 21.9. The van der Waals surface area contributed by atoms with E-state index in [1.165, 1.54) is 26.4 Å². The predicted molar refractivity (Wildman–Crippen MR) is 108 cm³/mol. The van der Waals surface area contributed by atoms with Crippen molar-refractivity contribution in [3.63, 3.8) is 0 Å². The minimum Gasteiger partial charge on any atom is -0.497 e.